The summed E-state index contributed by atoms with van der Waals surface area (Å²) < 4.78 is 13.3. The maximum atomic E-state index is 6.71. The fourth-order valence-electron chi connectivity index (χ4n) is 8.15. The molecule has 2 aliphatic carbocycles. The largest absolute Gasteiger partial charge is 0.414 e. The van der Waals surface area contributed by atoms with Crippen molar-refractivity contribution in [3.05, 3.63) is 25.3 Å². The molecule has 230 valence electrons. The van der Waals surface area contributed by atoms with Gasteiger partial charge in [-0.1, -0.05) is 79.9 Å². The number of ether oxygens (including phenoxy) is 1. The predicted molar refractivity (Wildman–Crippen MR) is 178 cm³/mol. The number of methoxy groups -OCH3 is 1. The molecule has 2 rings (SSSR count). The van der Waals surface area contributed by atoms with Crippen molar-refractivity contribution in [3.8, 4) is 11.8 Å². The van der Waals surface area contributed by atoms with E-state index < -0.39 is 8.32 Å². The van der Waals surface area contributed by atoms with Crippen LogP contribution in [-0.4, -0.2) is 27.1 Å². The molecule has 2 saturated carbocycles. The van der Waals surface area contributed by atoms with Crippen molar-refractivity contribution < 1.29 is 9.16 Å². The Labute approximate surface area is 251 Å². The summed E-state index contributed by atoms with van der Waals surface area (Å²) in [6.45, 7) is 29.6. The fraction of sp³-hybridized carbons (Fsp3) is 0.838. The minimum atomic E-state index is -1.80. The van der Waals surface area contributed by atoms with Crippen molar-refractivity contribution in [1.82, 2.24) is 0 Å². The van der Waals surface area contributed by atoms with Gasteiger partial charge in [-0.3, -0.25) is 0 Å². The van der Waals surface area contributed by atoms with E-state index in [1.807, 2.05) is 13.2 Å². The molecule has 40 heavy (non-hydrogen) atoms. The lowest BCUT2D eigenvalue weighted by molar-refractivity contribution is -0.164. The molecule has 0 aromatic carbocycles. The third kappa shape index (κ3) is 8.38. The molecule has 0 heterocycles. The summed E-state index contributed by atoms with van der Waals surface area (Å²) in [5, 5.41) is 0.216. The van der Waals surface area contributed by atoms with Crippen molar-refractivity contribution in [2.45, 2.75) is 155 Å². The van der Waals surface area contributed by atoms with Gasteiger partial charge in [0.05, 0.1) is 5.60 Å². The normalized spacial score (nSPS) is 30.3. The Morgan fingerprint density at radius 1 is 1.00 bits per heavy atom. The Balaban J connectivity index is 2.10. The molecule has 0 aliphatic heterocycles. The van der Waals surface area contributed by atoms with Crippen LogP contribution < -0.4 is 0 Å². The first-order chi connectivity index (χ1) is 18.7. The topological polar surface area (TPSA) is 18.5 Å². The highest BCUT2D eigenvalue weighted by Crippen LogP contribution is 2.64. The molecule has 0 saturated heterocycles. The maximum absolute atomic E-state index is 6.71. The van der Waals surface area contributed by atoms with E-state index in [9.17, 15) is 0 Å². The van der Waals surface area contributed by atoms with Crippen LogP contribution in [0.5, 0.6) is 0 Å². The summed E-state index contributed by atoms with van der Waals surface area (Å²) >= 11 is 0. The lowest BCUT2D eigenvalue weighted by Gasteiger charge is -2.56. The van der Waals surface area contributed by atoms with Gasteiger partial charge < -0.3 is 9.16 Å². The summed E-state index contributed by atoms with van der Waals surface area (Å²) in [6.07, 6.45) is 18.2. The van der Waals surface area contributed by atoms with Crippen molar-refractivity contribution in [2.75, 3.05) is 7.11 Å². The zero-order chi connectivity index (χ0) is 30.2. The van der Waals surface area contributed by atoms with Crippen LogP contribution in [0.15, 0.2) is 25.3 Å². The fourth-order valence-corrected chi connectivity index (χ4v) is 9.55. The van der Waals surface area contributed by atoms with Gasteiger partial charge in [-0.25, -0.2) is 0 Å². The molecule has 0 amide bonds. The molecule has 7 atom stereocenters. The van der Waals surface area contributed by atoms with Gasteiger partial charge in [-0.05, 0) is 98.1 Å². The molecule has 1 unspecified atom stereocenters. The van der Waals surface area contributed by atoms with Crippen LogP contribution in [0.2, 0.25) is 18.1 Å². The van der Waals surface area contributed by atoms with Gasteiger partial charge >= 0.3 is 0 Å². The molecule has 0 spiro atoms. The van der Waals surface area contributed by atoms with Gasteiger partial charge in [0.25, 0.3) is 0 Å². The maximum Gasteiger partial charge on any atom is 0.192 e. The number of fused-ring (bicyclic) bond motifs is 1. The van der Waals surface area contributed by atoms with E-state index in [-0.39, 0.29) is 16.7 Å². The highest BCUT2D eigenvalue weighted by Gasteiger charge is 2.61. The van der Waals surface area contributed by atoms with E-state index in [0.717, 1.165) is 49.9 Å². The van der Waals surface area contributed by atoms with Crippen molar-refractivity contribution in [1.29, 1.82) is 0 Å². The van der Waals surface area contributed by atoms with Gasteiger partial charge in [0.2, 0.25) is 0 Å². The Kier molecular flexibility index (Phi) is 13.3. The molecule has 3 heteroatoms. The van der Waals surface area contributed by atoms with Gasteiger partial charge in [0.1, 0.15) is 0 Å². The standard InChI is InChI=1S/C37H66O2Si/c1-13-19-32(39-40(11,12)35(6,7)8)23-17-15-16-22-31-26-28-36(9)33(30(5)21-18-20-29(3)4)24-25-34(36)37(31,38-10)27-14-2/h13-14,29-34H,1-2,17-28H2,3-12H3/t30-,31-,32?,33-,34-,36-,37+/m1/s1. The second kappa shape index (κ2) is 15.1. The van der Waals surface area contributed by atoms with Gasteiger partial charge in [-0.2, -0.15) is 0 Å². The minimum absolute atomic E-state index is 0.132. The second-order valence-electron chi connectivity index (χ2n) is 15.6. The Hall–Kier alpha value is -0.823. The third-order valence-electron chi connectivity index (χ3n) is 11.5. The van der Waals surface area contributed by atoms with E-state index in [2.05, 4.69) is 92.6 Å². The monoisotopic (exact) mass is 570 g/mol. The molecule has 2 fully saturated rings. The SMILES string of the molecule is C=CCC(CCC#CC[C@@H]1CC[C@]2(C)[C@@H]([C@H](C)CCCC(C)C)CC[C@H]2[C@@]1(CC=C)OC)O[Si](C)(C)C(C)(C)C. The summed E-state index contributed by atoms with van der Waals surface area (Å²) in [4.78, 5) is 0. The molecule has 0 aromatic heterocycles. The lowest BCUT2D eigenvalue weighted by atomic mass is 9.53. The number of rotatable bonds is 15. The average Bonchev–Trinajstić information content (AvgIpc) is 3.21. The average molecular weight is 571 g/mol. The highest BCUT2D eigenvalue weighted by molar-refractivity contribution is 6.74. The van der Waals surface area contributed by atoms with Crippen molar-refractivity contribution in [3.63, 3.8) is 0 Å². The first-order valence-corrected chi connectivity index (χ1v) is 19.5. The van der Waals surface area contributed by atoms with Crippen LogP contribution in [0, 0.1) is 46.8 Å². The first-order valence-electron chi connectivity index (χ1n) is 16.6. The molecule has 0 N–H and O–H groups in total. The third-order valence-corrected chi connectivity index (χ3v) is 16.0. The van der Waals surface area contributed by atoms with Gasteiger partial charge in [0.15, 0.2) is 8.32 Å². The van der Waals surface area contributed by atoms with Crippen molar-refractivity contribution >= 4 is 8.32 Å². The zero-order valence-corrected chi connectivity index (χ0v) is 29.3. The first kappa shape index (κ1) is 35.4. The van der Waals surface area contributed by atoms with E-state index in [1.54, 1.807) is 0 Å². The van der Waals surface area contributed by atoms with Crippen LogP contribution in [0.1, 0.15) is 126 Å². The summed E-state index contributed by atoms with van der Waals surface area (Å²) in [5.41, 5.74) is 0.228. The van der Waals surface area contributed by atoms with E-state index in [4.69, 9.17) is 9.16 Å². The quantitative estimate of drug-likeness (QED) is 0.111. The number of hydrogen-bond donors (Lipinski definition) is 0. The Morgan fingerprint density at radius 2 is 1.70 bits per heavy atom. The second-order valence-corrected chi connectivity index (χ2v) is 20.3. The molecule has 0 radical (unpaired) electrons. The van der Waals surface area contributed by atoms with Gasteiger partial charge in [0, 0.05) is 26.1 Å². The van der Waals surface area contributed by atoms with Crippen LogP contribution >= 0.6 is 0 Å². The van der Waals surface area contributed by atoms with E-state index in [1.165, 1.54) is 44.9 Å². The summed E-state index contributed by atoms with van der Waals surface area (Å²) in [6, 6.07) is 0. The van der Waals surface area contributed by atoms with Crippen LogP contribution in [0.4, 0.5) is 0 Å². The van der Waals surface area contributed by atoms with Gasteiger partial charge in [-0.15, -0.1) is 25.0 Å². The van der Waals surface area contributed by atoms with E-state index in [0.29, 0.717) is 17.3 Å². The summed E-state index contributed by atoms with van der Waals surface area (Å²) in [5.74, 6) is 10.6. The zero-order valence-electron chi connectivity index (χ0n) is 28.3. The number of hydrogen-bond acceptors (Lipinski definition) is 2. The highest BCUT2D eigenvalue weighted by atomic mass is 28.4. The van der Waals surface area contributed by atoms with E-state index >= 15 is 0 Å². The predicted octanol–water partition coefficient (Wildman–Crippen LogP) is 11.0. The molecule has 0 bridgehead atoms. The van der Waals surface area contributed by atoms with Crippen LogP contribution in [0.3, 0.4) is 0 Å². The molecular formula is C37H66O2Si. The Morgan fingerprint density at radius 3 is 2.27 bits per heavy atom. The summed E-state index contributed by atoms with van der Waals surface area (Å²) in [7, 11) is 0.163. The smallest absolute Gasteiger partial charge is 0.192 e. The molecule has 0 aromatic rings. The molecule has 2 aliphatic rings. The Bertz CT molecular complexity index is 858. The molecule has 2 nitrogen and oxygen atoms in total. The lowest BCUT2D eigenvalue weighted by Crippen LogP contribution is -2.56. The van der Waals surface area contributed by atoms with Crippen molar-refractivity contribution in [2.24, 2.45) is 35.0 Å². The minimum Gasteiger partial charge on any atom is -0.414 e. The van der Waals surface area contributed by atoms with Crippen LogP contribution in [-0.2, 0) is 9.16 Å². The molecular weight excluding hydrogens is 504 g/mol. The van der Waals surface area contributed by atoms with Crippen LogP contribution in [0.25, 0.3) is 0 Å².